The number of carbonyl (C=O) groups excluding carboxylic acids is 1. The van der Waals surface area contributed by atoms with Crippen LogP contribution in [0.1, 0.15) is 31.9 Å². The second kappa shape index (κ2) is 7.68. The first-order valence-electron chi connectivity index (χ1n) is 8.23. The van der Waals surface area contributed by atoms with Gasteiger partial charge < -0.3 is 10.6 Å². The molecule has 0 aliphatic carbocycles. The van der Waals surface area contributed by atoms with Crippen LogP contribution in [-0.2, 0) is 10.0 Å². The van der Waals surface area contributed by atoms with Crippen molar-refractivity contribution in [1.29, 1.82) is 5.26 Å². The Bertz CT molecular complexity index is 985. The van der Waals surface area contributed by atoms with E-state index in [0.29, 0.717) is 5.69 Å². The van der Waals surface area contributed by atoms with E-state index in [2.05, 4.69) is 10.6 Å². The lowest BCUT2D eigenvalue weighted by atomic mass is 10.1. The first kappa shape index (κ1) is 20.3. The van der Waals surface area contributed by atoms with Crippen LogP contribution in [0.4, 0.5) is 16.2 Å². The molecule has 0 bridgehead atoms. The average molecular weight is 386 g/mol. The summed E-state index contributed by atoms with van der Waals surface area (Å²) in [5.74, 6) is 0. The fraction of sp³-hybridized carbons (Fsp3) is 0.263. The number of urea groups is 1. The number of hydrogen-bond acceptors (Lipinski definition) is 5. The number of sulfonamides is 1. The van der Waals surface area contributed by atoms with Crippen molar-refractivity contribution in [3.63, 3.8) is 0 Å². The molecule has 0 atom stereocenters. The molecule has 0 saturated heterocycles. The standard InChI is InChI=1S/C19H22N4O3S/c1-13-5-8-15(9-6-13)21-16-10-7-14(12-20)11-17(16)27(25,26)23-18(24)22-19(2,3)4/h5-11,21H,1-4H3,(H2,22,23,24). The molecule has 0 saturated carbocycles. The Labute approximate surface area is 159 Å². The molecule has 0 fully saturated rings. The number of nitrogens with zero attached hydrogens (tertiary/aromatic N) is 1. The molecule has 2 aromatic carbocycles. The van der Waals surface area contributed by atoms with Crippen molar-refractivity contribution < 1.29 is 13.2 Å². The normalized spacial score (nSPS) is 11.4. The first-order chi connectivity index (χ1) is 12.5. The summed E-state index contributed by atoms with van der Waals surface area (Å²) in [7, 11) is -4.20. The van der Waals surface area contributed by atoms with Crippen LogP contribution in [0.3, 0.4) is 0 Å². The molecule has 2 rings (SSSR count). The lowest BCUT2D eigenvalue weighted by molar-refractivity contribution is 0.237. The zero-order valence-corrected chi connectivity index (χ0v) is 16.4. The van der Waals surface area contributed by atoms with Gasteiger partial charge in [0.2, 0.25) is 0 Å². The highest BCUT2D eigenvalue weighted by atomic mass is 32.2. The number of amides is 2. The minimum Gasteiger partial charge on any atom is -0.354 e. The maximum absolute atomic E-state index is 12.7. The molecule has 0 heterocycles. The van der Waals surface area contributed by atoms with Crippen molar-refractivity contribution in [1.82, 2.24) is 10.0 Å². The van der Waals surface area contributed by atoms with Crippen LogP contribution in [0.2, 0.25) is 0 Å². The molecular weight excluding hydrogens is 364 g/mol. The highest BCUT2D eigenvalue weighted by Crippen LogP contribution is 2.26. The fourth-order valence-corrected chi connectivity index (χ4v) is 3.35. The number of hydrogen-bond donors (Lipinski definition) is 3. The monoisotopic (exact) mass is 386 g/mol. The molecule has 27 heavy (non-hydrogen) atoms. The van der Waals surface area contributed by atoms with Crippen molar-refractivity contribution in [3.8, 4) is 6.07 Å². The SMILES string of the molecule is Cc1ccc(Nc2ccc(C#N)cc2S(=O)(=O)NC(=O)NC(C)(C)C)cc1. The van der Waals surface area contributed by atoms with Gasteiger partial charge in [0.05, 0.1) is 17.3 Å². The number of rotatable bonds is 4. The summed E-state index contributed by atoms with van der Waals surface area (Å²) in [6.07, 6.45) is 0. The number of nitrogens with one attached hydrogen (secondary N) is 3. The van der Waals surface area contributed by atoms with Crippen LogP contribution < -0.4 is 15.4 Å². The van der Waals surface area contributed by atoms with E-state index in [9.17, 15) is 13.2 Å². The molecule has 8 heteroatoms. The number of anilines is 2. The Kier molecular flexibility index (Phi) is 5.76. The van der Waals surface area contributed by atoms with Gasteiger partial charge in [-0.2, -0.15) is 5.26 Å². The van der Waals surface area contributed by atoms with E-state index in [4.69, 9.17) is 5.26 Å². The molecule has 0 aliphatic heterocycles. The largest absolute Gasteiger partial charge is 0.354 e. The van der Waals surface area contributed by atoms with Gasteiger partial charge in [-0.1, -0.05) is 17.7 Å². The molecular formula is C19H22N4O3S. The average Bonchev–Trinajstić information content (AvgIpc) is 2.54. The quantitative estimate of drug-likeness (QED) is 0.746. The molecule has 2 amide bonds. The second-order valence-electron chi connectivity index (χ2n) is 7.12. The molecule has 0 radical (unpaired) electrons. The van der Waals surface area contributed by atoms with E-state index < -0.39 is 21.6 Å². The van der Waals surface area contributed by atoms with E-state index in [0.717, 1.165) is 5.56 Å². The predicted molar refractivity (Wildman–Crippen MR) is 104 cm³/mol. The first-order valence-corrected chi connectivity index (χ1v) is 9.71. The Hall–Kier alpha value is -3.05. The second-order valence-corrected chi connectivity index (χ2v) is 8.77. The topological polar surface area (TPSA) is 111 Å². The molecule has 0 aliphatic rings. The van der Waals surface area contributed by atoms with Gasteiger partial charge in [0.15, 0.2) is 0 Å². The molecule has 142 valence electrons. The Morgan fingerprint density at radius 2 is 1.70 bits per heavy atom. The van der Waals surface area contributed by atoms with Crippen molar-refractivity contribution in [2.45, 2.75) is 38.1 Å². The van der Waals surface area contributed by atoms with Crippen LogP contribution in [0.15, 0.2) is 47.4 Å². The Morgan fingerprint density at radius 1 is 1.07 bits per heavy atom. The van der Waals surface area contributed by atoms with Gasteiger partial charge in [0.1, 0.15) is 4.90 Å². The Morgan fingerprint density at radius 3 is 2.26 bits per heavy atom. The number of aryl methyl sites for hydroxylation is 1. The van der Waals surface area contributed by atoms with Crippen molar-refractivity contribution in [3.05, 3.63) is 53.6 Å². The molecule has 3 N–H and O–H groups in total. The smallest absolute Gasteiger partial charge is 0.329 e. The van der Waals surface area contributed by atoms with Crippen LogP contribution in [0.25, 0.3) is 0 Å². The minimum absolute atomic E-state index is 0.168. The third-order valence-corrected chi connectivity index (χ3v) is 4.82. The van der Waals surface area contributed by atoms with E-state index in [-0.39, 0.29) is 16.1 Å². The van der Waals surface area contributed by atoms with E-state index in [1.165, 1.54) is 18.2 Å². The molecule has 0 spiro atoms. The van der Waals surface area contributed by atoms with Gasteiger partial charge >= 0.3 is 6.03 Å². The molecule has 2 aromatic rings. The lowest BCUT2D eigenvalue weighted by Gasteiger charge is -2.21. The van der Waals surface area contributed by atoms with Gasteiger partial charge in [0.25, 0.3) is 10.0 Å². The van der Waals surface area contributed by atoms with Gasteiger partial charge in [-0.25, -0.2) is 17.9 Å². The summed E-state index contributed by atoms with van der Waals surface area (Å²) in [6, 6.07) is 12.7. The van der Waals surface area contributed by atoms with Crippen molar-refractivity contribution in [2.24, 2.45) is 0 Å². The number of carbonyl (C=O) groups is 1. The minimum atomic E-state index is -4.20. The maximum Gasteiger partial charge on any atom is 0.329 e. The lowest BCUT2D eigenvalue weighted by Crippen LogP contribution is -2.48. The van der Waals surface area contributed by atoms with Gasteiger partial charge in [-0.15, -0.1) is 0 Å². The van der Waals surface area contributed by atoms with Crippen LogP contribution in [0, 0.1) is 18.3 Å². The molecule has 0 unspecified atom stereocenters. The summed E-state index contributed by atoms with van der Waals surface area (Å²) in [5, 5.41) is 14.7. The van der Waals surface area contributed by atoms with Crippen LogP contribution in [0.5, 0.6) is 0 Å². The highest BCUT2D eigenvalue weighted by molar-refractivity contribution is 7.90. The Balaban J connectivity index is 2.39. The number of nitriles is 1. The maximum atomic E-state index is 12.7. The molecule has 0 aromatic heterocycles. The van der Waals surface area contributed by atoms with E-state index in [1.807, 2.05) is 42.0 Å². The molecule has 7 nitrogen and oxygen atoms in total. The summed E-state index contributed by atoms with van der Waals surface area (Å²) < 4.78 is 27.5. The fourth-order valence-electron chi connectivity index (χ4n) is 2.25. The summed E-state index contributed by atoms with van der Waals surface area (Å²) >= 11 is 0. The summed E-state index contributed by atoms with van der Waals surface area (Å²) in [5.41, 5.74) is 1.57. The third-order valence-electron chi connectivity index (χ3n) is 3.45. The number of benzene rings is 2. The van der Waals surface area contributed by atoms with Crippen molar-refractivity contribution >= 4 is 27.4 Å². The zero-order chi connectivity index (χ0) is 20.2. The summed E-state index contributed by atoms with van der Waals surface area (Å²) in [4.78, 5) is 11.8. The third kappa shape index (κ3) is 5.72. The van der Waals surface area contributed by atoms with E-state index >= 15 is 0 Å². The van der Waals surface area contributed by atoms with Gasteiger partial charge in [-0.05, 0) is 58.0 Å². The zero-order valence-electron chi connectivity index (χ0n) is 15.6. The predicted octanol–water partition coefficient (Wildman–Crippen LogP) is 3.40. The van der Waals surface area contributed by atoms with Gasteiger partial charge in [0, 0.05) is 11.2 Å². The van der Waals surface area contributed by atoms with Crippen molar-refractivity contribution in [2.75, 3.05) is 5.32 Å². The highest BCUT2D eigenvalue weighted by Gasteiger charge is 2.24. The van der Waals surface area contributed by atoms with E-state index in [1.54, 1.807) is 20.8 Å². The van der Waals surface area contributed by atoms with Crippen LogP contribution in [-0.4, -0.2) is 20.0 Å². The van der Waals surface area contributed by atoms with Crippen LogP contribution >= 0.6 is 0 Å². The summed E-state index contributed by atoms with van der Waals surface area (Å²) in [6.45, 7) is 7.15. The van der Waals surface area contributed by atoms with Gasteiger partial charge in [-0.3, -0.25) is 0 Å².